The topological polar surface area (TPSA) is 323 Å². The summed E-state index contributed by atoms with van der Waals surface area (Å²) in [5, 5.41) is 48.7. The molecule has 0 radical (unpaired) electrons. The van der Waals surface area contributed by atoms with Crippen molar-refractivity contribution in [2.75, 3.05) is 46.4 Å². The second-order valence-corrected chi connectivity index (χ2v) is 25.4. The number of imidazole rings is 1. The number of nitrogens with one attached hydrogen (secondary N) is 4. The highest BCUT2D eigenvalue weighted by molar-refractivity contribution is 7.59. The second-order valence-electron chi connectivity index (χ2n) is 18.5. The third-order valence-corrected chi connectivity index (χ3v) is 15.3. The molecule has 5 rings (SSSR count). The van der Waals surface area contributed by atoms with Crippen molar-refractivity contribution in [3.63, 3.8) is 0 Å². The highest BCUT2D eigenvalue weighted by Gasteiger charge is 2.33. The average Bonchev–Trinajstić information content (AvgIpc) is 3.97. The molecule has 22 nitrogen and oxygen atoms in total. The van der Waals surface area contributed by atoms with Gasteiger partial charge in [0.2, 0.25) is 14.9 Å². The Hall–Kier alpha value is -6.34. The Balaban J connectivity index is 0.000000326. The van der Waals surface area contributed by atoms with Crippen LogP contribution in [0.4, 0.5) is 0 Å². The molecule has 0 saturated carbocycles. The maximum absolute atomic E-state index is 13.6. The van der Waals surface area contributed by atoms with Crippen LogP contribution in [-0.4, -0.2) is 129 Å². The van der Waals surface area contributed by atoms with E-state index in [9.17, 15) is 58.2 Å². The lowest BCUT2D eigenvalue weighted by Gasteiger charge is -2.27. The summed E-state index contributed by atoms with van der Waals surface area (Å²) in [6, 6.07) is 21.9. The van der Waals surface area contributed by atoms with Gasteiger partial charge in [0.15, 0.2) is 0 Å². The van der Waals surface area contributed by atoms with Crippen LogP contribution in [0.5, 0.6) is 23.0 Å². The predicted octanol–water partition coefficient (Wildman–Crippen LogP) is 7.60. The van der Waals surface area contributed by atoms with Crippen molar-refractivity contribution in [3.8, 4) is 23.0 Å². The van der Waals surface area contributed by atoms with Crippen LogP contribution in [0.2, 0.25) is 0 Å². The summed E-state index contributed by atoms with van der Waals surface area (Å²) in [5.74, 6) is -1.68. The van der Waals surface area contributed by atoms with E-state index in [4.69, 9.17) is 18.9 Å². The molecule has 4 aromatic carbocycles. The number of aromatic nitrogens is 2. The number of carbonyl (C=O) groups is 4. The van der Waals surface area contributed by atoms with E-state index in [0.29, 0.717) is 38.7 Å². The molecule has 6 atom stereocenters. The highest BCUT2D eigenvalue weighted by Crippen LogP contribution is 2.39. The summed E-state index contributed by atoms with van der Waals surface area (Å²) in [5.41, 5.74) is 3.04. The number of esters is 4. The molecule has 0 fully saturated rings. The van der Waals surface area contributed by atoms with E-state index in [1.807, 2.05) is 27.7 Å². The first-order valence-corrected chi connectivity index (χ1v) is 32.1. The van der Waals surface area contributed by atoms with Crippen LogP contribution < -0.4 is 20.3 Å². The number of rotatable bonds is 29. The number of phenols is 4. The Kier molecular flexibility index (Phi) is 28.8. The van der Waals surface area contributed by atoms with Crippen LogP contribution in [0.15, 0.2) is 116 Å². The summed E-state index contributed by atoms with van der Waals surface area (Å²) in [6.45, 7) is 12.6. The highest BCUT2D eigenvalue weighted by atomic mass is 31.2. The zero-order valence-electron chi connectivity index (χ0n) is 45.7. The number of phenolic OH excluding ortho intramolecular Hbond substituents is 4. The molecule has 6 unspecified atom stereocenters. The molecule has 0 aliphatic carbocycles. The van der Waals surface area contributed by atoms with Crippen molar-refractivity contribution in [2.24, 2.45) is 0 Å². The number of carbonyl (C=O) groups excluding carboxylic acids is 4. The Morgan fingerprint density at radius 1 is 0.468 bits per heavy atom. The molecule has 5 aromatic rings. The Bertz CT molecular complexity index is 2690. The molecular weight excluding hydrogens is 1080 g/mol. The first-order valence-electron chi connectivity index (χ1n) is 25.7. The molecule has 1 aromatic heterocycles. The minimum atomic E-state index is -3.55. The standard InChI is InChI=1S/C25H35N2O7P.C16H22N3O4P.C13H20NO5P/c1-4-14-33-24(30)22(16-18-6-10-20(28)11-7-18)26-35(3,32)27-23(25(31)34-15-5-2)17-19-8-12-21(29)13-9-19;1-3-10-23-16(21)15(11-13-4-6-14(20)7-5-13)18-24(2,22)19-9-8-17-12-19;1-3-8-19-13(16)12(14-20(2,17)18)9-10-4-6-11(15)7-5-10/h6-13,22-23,28-29H,4-5,14-17H2,1-3H3,(H2,26,27,32);4-9,12,15,20H,3,10-11H2,1-2H3,(H,18,22);4-7,12,15H,3,8-9H2,1-2H3,(H2,14,17,18). The van der Waals surface area contributed by atoms with Crippen LogP contribution in [0, 0.1) is 0 Å². The molecule has 0 amide bonds. The van der Waals surface area contributed by atoms with E-state index < -0.39 is 70.5 Å². The molecule has 25 heteroatoms. The largest absolute Gasteiger partial charge is 0.508 e. The third kappa shape index (κ3) is 26.4. The lowest BCUT2D eigenvalue weighted by atomic mass is 10.1. The number of hydrogen-bond donors (Lipinski definition) is 9. The van der Waals surface area contributed by atoms with Gasteiger partial charge in [-0.15, -0.1) is 0 Å². The summed E-state index contributed by atoms with van der Waals surface area (Å²) < 4.78 is 60.2. The summed E-state index contributed by atoms with van der Waals surface area (Å²) in [4.78, 5) is 63.0. The zero-order valence-corrected chi connectivity index (χ0v) is 48.4. The minimum Gasteiger partial charge on any atom is -0.508 e. The van der Waals surface area contributed by atoms with Crippen molar-refractivity contribution in [2.45, 2.75) is 103 Å². The average molecular weight is 1160 g/mol. The minimum absolute atomic E-state index is 0.0947. The normalized spacial score (nSPS) is 14.8. The van der Waals surface area contributed by atoms with Gasteiger partial charge in [-0.2, -0.15) is 0 Å². The Labute approximate surface area is 462 Å². The zero-order chi connectivity index (χ0) is 58.6. The third-order valence-electron chi connectivity index (χ3n) is 11.0. The van der Waals surface area contributed by atoms with Crippen LogP contribution in [-0.2, 0) is 77.5 Å². The van der Waals surface area contributed by atoms with E-state index in [0.717, 1.165) is 28.9 Å². The quantitative estimate of drug-likeness (QED) is 0.0126. The molecule has 0 aliphatic rings. The molecule has 0 spiro atoms. The van der Waals surface area contributed by atoms with E-state index >= 15 is 0 Å². The monoisotopic (exact) mass is 1160 g/mol. The molecule has 1 heterocycles. The van der Waals surface area contributed by atoms with E-state index in [2.05, 4.69) is 25.3 Å². The molecule has 434 valence electrons. The van der Waals surface area contributed by atoms with Gasteiger partial charge in [-0.3, -0.25) is 37.2 Å². The fraction of sp³-hybridized carbons (Fsp3) is 0.426. The van der Waals surface area contributed by atoms with Crippen LogP contribution >= 0.6 is 22.4 Å². The van der Waals surface area contributed by atoms with E-state index in [1.54, 1.807) is 66.9 Å². The van der Waals surface area contributed by atoms with Crippen molar-refractivity contribution < 1.29 is 77.1 Å². The van der Waals surface area contributed by atoms with Gasteiger partial charge in [0.05, 0.1) is 26.4 Å². The SMILES string of the molecule is CCCOC(=O)C(Cc1ccc(O)cc1)NP(C)(=O)NC(Cc1ccc(O)cc1)C(=O)OCCC.CCCOC(=O)C(Cc1ccc(O)cc1)NP(C)(=O)O.CCCOC(=O)C(Cc1ccc(O)cc1)NP(C)(=O)n1ccnc1. The van der Waals surface area contributed by atoms with Gasteiger partial charge in [-0.1, -0.05) is 76.2 Å². The number of aromatic hydroxyl groups is 4. The van der Waals surface area contributed by atoms with Gasteiger partial charge in [0, 0.05) is 32.4 Å². The number of benzene rings is 4. The molecule has 79 heavy (non-hydrogen) atoms. The molecule has 0 bridgehead atoms. The van der Waals surface area contributed by atoms with Crippen molar-refractivity contribution in [1.29, 1.82) is 0 Å². The van der Waals surface area contributed by atoms with Gasteiger partial charge in [-0.25, -0.2) is 25.3 Å². The van der Waals surface area contributed by atoms with E-state index in [1.165, 1.54) is 66.6 Å². The molecule has 0 saturated heterocycles. The molecular formula is C54H77N6O16P3. The smallest absolute Gasteiger partial charge is 0.323 e. The van der Waals surface area contributed by atoms with Crippen molar-refractivity contribution in [3.05, 3.63) is 138 Å². The van der Waals surface area contributed by atoms with Crippen molar-refractivity contribution >= 4 is 46.3 Å². The van der Waals surface area contributed by atoms with Crippen LogP contribution in [0.25, 0.3) is 0 Å². The first-order chi connectivity index (χ1) is 37.4. The first kappa shape index (κ1) is 66.9. The van der Waals surface area contributed by atoms with Crippen LogP contribution in [0.1, 0.15) is 75.6 Å². The lowest BCUT2D eigenvalue weighted by molar-refractivity contribution is -0.146. The molecule has 9 N–H and O–H groups in total. The summed E-state index contributed by atoms with van der Waals surface area (Å²) >= 11 is 0. The number of hydrogen-bond acceptors (Lipinski definition) is 16. The van der Waals surface area contributed by atoms with E-state index in [-0.39, 0.29) is 62.1 Å². The molecule has 0 aliphatic heterocycles. The van der Waals surface area contributed by atoms with Gasteiger partial charge in [0.1, 0.15) is 53.5 Å². The maximum Gasteiger partial charge on any atom is 0.323 e. The maximum atomic E-state index is 13.6. The Morgan fingerprint density at radius 3 is 0.975 bits per heavy atom. The van der Waals surface area contributed by atoms with Gasteiger partial charge < -0.3 is 44.3 Å². The Morgan fingerprint density at radius 2 is 0.734 bits per heavy atom. The van der Waals surface area contributed by atoms with Crippen molar-refractivity contribution in [1.82, 2.24) is 29.7 Å². The fourth-order valence-corrected chi connectivity index (χ4v) is 11.1. The van der Waals surface area contributed by atoms with Gasteiger partial charge >= 0.3 is 23.9 Å². The summed E-state index contributed by atoms with van der Waals surface area (Å²) in [6.07, 6.45) is 8.08. The second kappa shape index (κ2) is 33.9. The fourth-order valence-electron chi connectivity index (χ4n) is 7.17. The number of nitrogens with zero attached hydrogens (tertiary/aromatic N) is 2. The van der Waals surface area contributed by atoms with Crippen LogP contribution in [0.3, 0.4) is 0 Å². The predicted molar refractivity (Wildman–Crippen MR) is 300 cm³/mol. The lowest BCUT2D eigenvalue weighted by Crippen LogP contribution is -2.45. The van der Waals surface area contributed by atoms with Gasteiger partial charge in [-0.05, 0) is 122 Å². The van der Waals surface area contributed by atoms with Gasteiger partial charge in [0.25, 0.3) is 7.52 Å². The summed E-state index contributed by atoms with van der Waals surface area (Å²) in [7, 11) is -10.1. The number of ether oxygens (including phenoxy) is 4.